The molecule has 2 aromatic carbocycles. The van der Waals surface area contributed by atoms with Crippen LogP contribution in [0.3, 0.4) is 0 Å². The fraction of sp³-hybridized carbons (Fsp3) is 0. The van der Waals surface area contributed by atoms with Crippen molar-refractivity contribution >= 4 is 46.3 Å². The van der Waals surface area contributed by atoms with Crippen LogP contribution in [0.2, 0.25) is 10.0 Å². The molecule has 0 spiro atoms. The molecule has 0 unspecified atom stereocenters. The maximum absolute atomic E-state index is 12.4. The van der Waals surface area contributed by atoms with E-state index in [1.165, 1.54) is 0 Å². The molecule has 22 heavy (non-hydrogen) atoms. The van der Waals surface area contributed by atoms with Crippen molar-refractivity contribution in [2.24, 2.45) is 0 Å². The molecule has 0 bridgehead atoms. The molecule has 110 valence electrons. The molecule has 4 nitrogen and oxygen atoms in total. The Hall–Kier alpha value is -1.95. The zero-order valence-corrected chi connectivity index (χ0v) is 13.4. The SMILES string of the molecule is O=C(Nc1cccc(Cl)c1)c1snnc1-c1ccc(Cl)cc1. The molecule has 0 saturated heterocycles. The van der Waals surface area contributed by atoms with Crippen LogP contribution < -0.4 is 5.32 Å². The summed E-state index contributed by atoms with van der Waals surface area (Å²) in [7, 11) is 0. The summed E-state index contributed by atoms with van der Waals surface area (Å²) in [5.41, 5.74) is 1.93. The highest BCUT2D eigenvalue weighted by molar-refractivity contribution is 7.08. The van der Waals surface area contributed by atoms with Gasteiger partial charge >= 0.3 is 0 Å². The minimum atomic E-state index is -0.276. The summed E-state index contributed by atoms with van der Waals surface area (Å²) in [6.45, 7) is 0. The monoisotopic (exact) mass is 349 g/mol. The lowest BCUT2D eigenvalue weighted by Gasteiger charge is -2.05. The summed E-state index contributed by atoms with van der Waals surface area (Å²) in [6.07, 6.45) is 0. The van der Waals surface area contributed by atoms with E-state index in [-0.39, 0.29) is 5.91 Å². The van der Waals surface area contributed by atoms with E-state index < -0.39 is 0 Å². The molecule has 1 aromatic heterocycles. The number of rotatable bonds is 3. The lowest BCUT2D eigenvalue weighted by Crippen LogP contribution is -2.11. The Morgan fingerprint density at radius 3 is 2.55 bits per heavy atom. The normalized spacial score (nSPS) is 10.5. The maximum atomic E-state index is 12.4. The minimum Gasteiger partial charge on any atom is -0.321 e. The first-order valence-electron chi connectivity index (χ1n) is 6.29. The summed E-state index contributed by atoms with van der Waals surface area (Å²) in [6, 6.07) is 14.0. The minimum absolute atomic E-state index is 0.276. The van der Waals surface area contributed by atoms with E-state index in [1.54, 1.807) is 48.5 Å². The van der Waals surface area contributed by atoms with Gasteiger partial charge < -0.3 is 5.32 Å². The summed E-state index contributed by atoms with van der Waals surface area (Å²) < 4.78 is 3.87. The summed E-state index contributed by atoms with van der Waals surface area (Å²) in [5.74, 6) is -0.276. The van der Waals surface area contributed by atoms with Gasteiger partial charge in [0.2, 0.25) is 0 Å². The molecule has 1 N–H and O–H groups in total. The average molecular weight is 350 g/mol. The Bertz CT molecular complexity index is 818. The van der Waals surface area contributed by atoms with E-state index >= 15 is 0 Å². The largest absolute Gasteiger partial charge is 0.321 e. The van der Waals surface area contributed by atoms with Gasteiger partial charge in [-0.25, -0.2) is 0 Å². The lowest BCUT2D eigenvalue weighted by atomic mass is 10.1. The van der Waals surface area contributed by atoms with Gasteiger partial charge in [-0.2, -0.15) is 0 Å². The molecule has 0 saturated carbocycles. The van der Waals surface area contributed by atoms with Crippen LogP contribution in [0.15, 0.2) is 48.5 Å². The van der Waals surface area contributed by atoms with Gasteiger partial charge in [0, 0.05) is 21.3 Å². The first-order valence-corrected chi connectivity index (χ1v) is 7.81. The molecule has 0 fully saturated rings. The van der Waals surface area contributed by atoms with E-state index in [2.05, 4.69) is 14.9 Å². The van der Waals surface area contributed by atoms with Crippen molar-refractivity contribution in [1.29, 1.82) is 0 Å². The van der Waals surface area contributed by atoms with E-state index in [4.69, 9.17) is 23.2 Å². The van der Waals surface area contributed by atoms with Gasteiger partial charge in [0.25, 0.3) is 5.91 Å². The first-order chi connectivity index (χ1) is 10.6. The molecule has 1 heterocycles. The van der Waals surface area contributed by atoms with Crippen molar-refractivity contribution in [3.63, 3.8) is 0 Å². The van der Waals surface area contributed by atoms with Crippen LogP contribution in [-0.4, -0.2) is 15.5 Å². The molecule has 7 heteroatoms. The van der Waals surface area contributed by atoms with Gasteiger partial charge in [0.05, 0.1) is 0 Å². The van der Waals surface area contributed by atoms with Crippen molar-refractivity contribution < 1.29 is 4.79 Å². The first kappa shape index (κ1) is 15.0. The van der Waals surface area contributed by atoms with Crippen LogP contribution in [0.1, 0.15) is 9.67 Å². The number of nitrogens with one attached hydrogen (secondary N) is 1. The Morgan fingerprint density at radius 2 is 1.82 bits per heavy atom. The van der Waals surface area contributed by atoms with Gasteiger partial charge in [-0.15, -0.1) is 5.10 Å². The Labute approximate surface area is 140 Å². The zero-order valence-electron chi connectivity index (χ0n) is 11.1. The number of amides is 1. The number of aromatic nitrogens is 2. The lowest BCUT2D eigenvalue weighted by molar-refractivity contribution is 0.103. The topological polar surface area (TPSA) is 54.9 Å². The second-order valence-corrected chi connectivity index (χ2v) is 6.05. The van der Waals surface area contributed by atoms with Gasteiger partial charge in [-0.3, -0.25) is 4.79 Å². The van der Waals surface area contributed by atoms with E-state index in [1.807, 2.05) is 0 Å². The standard InChI is InChI=1S/C15H9Cl2N3OS/c16-10-6-4-9(5-7-10)13-14(22-20-19-13)15(21)18-12-3-1-2-11(17)8-12/h1-8H,(H,18,21). The number of hydrogen-bond acceptors (Lipinski definition) is 4. The van der Waals surface area contributed by atoms with Crippen molar-refractivity contribution in [1.82, 2.24) is 9.59 Å². The highest BCUT2D eigenvalue weighted by atomic mass is 35.5. The fourth-order valence-electron chi connectivity index (χ4n) is 1.89. The molecule has 3 rings (SSSR count). The van der Waals surface area contributed by atoms with Gasteiger partial charge in [0.15, 0.2) is 0 Å². The molecule has 1 amide bonds. The molecular weight excluding hydrogens is 341 g/mol. The summed E-state index contributed by atoms with van der Waals surface area (Å²) >= 11 is 12.8. The van der Waals surface area contributed by atoms with Crippen molar-refractivity contribution in [3.8, 4) is 11.3 Å². The molecule has 0 radical (unpaired) electrons. The Balaban J connectivity index is 1.88. The highest BCUT2D eigenvalue weighted by Gasteiger charge is 2.18. The predicted molar refractivity (Wildman–Crippen MR) is 89.8 cm³/mol. The van der Waals surface area contributed by atoms with Crippen molar-refractivity contribution in [2.75, 3.05) is 5.32 Å². The molecule has 0 atom stereocenters. The maximum Gasteiger partial charge on any atom is 0.269 e. The number of carbonyl (C=O) groups excluding carboxylic acids is 1. The van der Waals surface area contributed by atoms with Crippen LogP contribution in [0.25, 0.3) is 11.3 Å². The third-order valence-electron chi connectivity index (χ3n) is 2.89. The van der Waals surface area contributed by atoms with Crippen LogP contribution in [0, 0.1) is 0 Å². The second-order valence-electron chi connectivity index (χ2n) is 4.42. The molecule has 3 aromatic rings. The third kappa shape index (κ3) is 3.27. The quantitative estimate of drug-likeness (QED) is 0.741. The van der Waals surface area contributed by atoms with E-state index in [0.717, 1.165) is 17.1 Å². The number of carbonyl (C=O) groups is 1. The summed E-state index contributed by atoms with van der Waals surface area (Å²) in [4.78, 5) is 12.8. The third-order valence-corrected chi connectivity index (χ3v) is 4.11. The molecule has 0 aliphatic heterocycles. The number of anilines is 1. The van der Waals surface area contributed by atoms with E-state index in [9.17, 15) is 4.79 Å². The number of nitrogens with zero attached hydrogens (tertiary/aromatic N) is 2. The van der Waals surface area contributed by atoms with E-state index in [0.29, 0.717) is 26.3 Å². The second kappa shape index (κ2) is 6.44. The smallest absolute Gasteiger partial charge is 0.269 e. The molecule has 0 aliphatic carbocycles. The predicted octanol–water partition coefficient (Wildman–Crippen LogP) is 4.76. The van der Waals surface area contributed by atoms with Crippen LogP contribution >= 0.6 is 34.7 Å². The Kier molecular flexibility index (Phi) is 4.38. The van der Waals surface area contributed by atoms with Gasteiger partial charge in [-0.05, 0) is 41.9 Å². The number of halogens is 2. The number of hydrogen-bond donors (Lipinski definition) is 1. The highest BCUT2D eigenvalue weighted by Crippen LogP contribution is 2.26. The molecular formula is C15H9Cl2N3OS. The summed E-state index contributed by atoms with van der Waals surface area (Å²) in [5, 5.41) is 8.00. The van der Waals surface area contributed by atoms with Crippen molar-refractivity contribution in [2.45, 2.75) is 0 Å². The average Bonchev–Trinajstić information content (AvgIpc) is 2.97. The van der Waals surface area contributed by atoms with Gasteiger partial charge in [-0.1, -0.05) is 45.9 Å². The van der Waals surface area contributed by atoms with Crippen molar-refractivity contribution in [3.05, 3.63) is 63.5 Å². The Morgan fingerprint density at radius 1 is 1.05 bits per heavy atom. The zero-order chi connectivity index (χ0) is 15.5. The van der Waals surface area contributed by atoms with Crippen LogP contribution in [0.5, 0.6) is 0 Å². The van der Waals surface area contributed by atoms with Crippen LogP contribution in [0.4, 0.5) is 5.69 Å². The van der Waals surface area contributed by atoms with Crippen LogP contribution in [-0.2, 0) is 0 Å². The number of benzene rings is 2. The van der Waals surface area contributed by atoms with Gasteiger partial charge in [0.1, 0.15) is 10.6 Å². The molecule has 0 aliphatic rings. The fourth-order valence-corrected chi connectivity index (χ4v) is 2.79.